The summed E-state index contributed by atoms with van der Waals surface area (Å²) in [6.45, 7) is 4.03. The number of benzene rings is 2. The van der Waals surface area contributed by atoms with Gasteiger partial charge in [0.1, 0.15) is 0 Å². The molecule has 0 heterocycles. The molecule has 0 aromatic heterocycles. The van der Waals surface area contributed by atoms with Crippen LogP contribution < -0.4 is 5.32 Å². The summed E-state index contributed by atoms with van der Waals surface area (Å²) in [5.41, 5.74) is 1.76. The van der Waals surface area contributed by atoms with E-state index in [2.05, 4.69) is 26.3 Å². The van der Waals surface area contributed by atoms with Crippen LogP contribution in [-0.2, 0) is 36.8 Å². The van der Waals surface area contributed by atoms with Gasteiger partial charge in [-0.05, 0) is 0 Å². The summed E-state index contributed by atoms with van der Waals surface area (Å²) >= 11 is 2.85. The summed E-state index contributed by atoms with van der Waals surface area (Å²) < 4.78 is 15.9. The van der Waals surface area contributed by atoms with Crippen molar-refractivity contribution >= 4 is 38.7 Å². The predicted molar refractivity (Wildman–Crippen MR) is 133 cm³/mol. The van der Waals surface area contributed by atoms with Crippen LogP contribution in [0.2, 0.25) is 0 Å². The zero-order valence-corrected chi connectivity index (χ0v) is 21.7. The number of nitrogens with zero attached hydrogens (tertiary/aromatic N) is 1. The van der Waals surface area contributed by atoms with Crippen LogP contribution in [0, 0.1) is 0 Å². The summed E-state index contributed by atoms with van der Waals surface area (Å²) in [5.74, 6) is -0.865. The zero-order valence-electron chi connectivity index (χ0n) is 20.0. The van der Waals surface area contributed by atoms with Crippen LogP contribution in [0.3, 0.4) is 0 Å². The minimum absolute atomic E-state index is 0.0565. The van der Waals surface area contributed by atoms with Crippen molar-refractivity contribution in [2.75, 3.05) is 13.2 Å². The molecule has 8 nitrogen and oxygen atoms in total. The third-order valence-corrected chi connectivity index (χ3v) is 5.68. The first-order valence-corrected chi connectivity index (χ1v) is 12.4. The first-order valence-electron chi connectivity index (χ1n) is 11.5. The van der Waals surface area contributed by atoms with Crippen LogP contribution in [-0.4, -0.2) is 64.0 Å². The number of hydrogen-bond donors (Lipinski definition) is 1. The molecule has 1 amide bonds. The van der Waals surface area contributed by atoms with Crippen molar-refractivity contribution < 1.29 is 28.6 Å². The topological polar surface area (TPSA) is 103 Å². The van der Waals surface area contributed by atoms with E-state index in [0.717, 1.165) is 11.1 Å². The molecule has 2 aromatic rings. The molecule has 0 aliphatic heterocycles. The van der Waals surface area contributed by atoms with Crippen molar-refractivity contribution in [3.63, 3.8) is 0 Å². The van der Waals surface area contributed by atoms with E-state index in [0.29, 0.717) is 11.0 Å². The average Bonchev–Trinajstić information content (AvgIpc) is 2.86. The summed E-state index contributed by atoms with van der Waals surface area (Å²) in [6.07, 6.45) is -0.0673. The SMILES string of the molecule is CCOC(=O)CC[C@H](NC(=O)OCc1ccccc1)C([Se])=N[C@@H](Cc1ccccc1)C(=O)OCC. The number of hydrogen-bond acceptors (Lipinski definition) is 7. The predicted octanol–water partition coefficient (Wildman–Crippen LogP) is 3.37. The van der Waals surface area contributed by atoms with Crippen molar-refractivity contribution in [1.29, 1.82) is 0 Å². The number of aliphatic imine (C=N–C) groups is 1. The molecule has 35 heavy (non-hydrogen) atoms. The second kappa shape index (κ2) is 15.7. The van der Waals surface area contributed by atoms with E-state index in [1.54, 1.807) is 13.8 Å². The van der Waals surface area contributed by atoms with Gasteiger partial charge in [-0.3, -0.25) is 0 Å². The van der Waals surface area contributed by atoms with Crippen molar-refractivity contribution in [2.24, 2.45) is 4.99 Å². The van der Waals surface area contributed by atoms with Gasteiger partial charge in [0, 0.05) is 0 Å². The molecular formula is C26H31N2O6Se. The van der Waals surface area contributed by atoms with E-state index in [1.165, 1.54) is 0 Å². The van der Waals surface area contributed by atoms with E-state index < -0.39 is 30.1 Å². The third kappa shape index (κ3) is 10.8. The van der Waals surface area contributed by atoms with Crippen LogP contribution in [0.4, 0.5) is 4.79 Å². The number of nitrogens with one attached hydrogen (secondary N) is 1. The minimum atomic E-state index is -0.819. The molecule has 0 saturated carbocycles. The molecule has 0 aliphatic carbocycles. The molecule has 187 valence electrons. The molecule has 0 aliphatic rings. The average molecular weight is 547 g/mol. The molecule has 2 aromatic carbocycles. The van der Waals surface area contributed by atoms with Gasteiger partial charge in [-0.25, -0.2) is 0 Å². The van der Waals surface area contributed by atoms with E-state index in [9.17, 15) is 14.4 Å². The van der Waals surface area contributed by atoms with Crippen molar-refractivity contribution in [1.82, 2.24) is 5.32 Å². The number of carbonyl (C=O) groups excluding carboxylic acids is 3. The fraction of sp³-hybridized carbons (Fsp3) is 0.385. The third-order valence-electron chi connectivity index (χ3n) is 4.86. The molecule has 2 rings (SSSR count). The number of ether oxygens (including phenoxy) is 3. The fourth-order valence-electron chi connectivity index (χ4n) is 3.16. The van der Waals surface area contributed by atoms with Crippen LogP contribution >= 0.6 is 0 Å². The van der Waals surface area contributed by atoms with E-state index in [1.807, 2.05) is 60.7 Å². The monoisotopic (exact) mass is 547 g/mol. The van der Waals surface area contributed by atoms with E-state index in [-0.39, 0.29) is 32.7 Å². The van der Waals surface area contributed by atoms with Gasteiger partial charge >= 0.3 is 214 Å². The molecule has 1 radical (unpaired) electrons. The van der Waals surface area contributed by atoms with E-state index in [4.69, 9.17) is 14.2 Å². The zero-order chi connectivity index (χ0) is 25.5. The number of amides is 1. The Kier molecular flexibility index (Phi) is 12.6. The molecule has 0 spiro atoms. The Bertz CT molecular complexity index is 968. The second-order valence-electron chi connectivity index (χ2n) is 7.53. The van der Waals surface area contributed by atoms with Crippen LogP contribution in [0.25, 0.3) is 0 Å². The Morgan fingerprint density at radius 1 is 0.886 bits per heavy atom. The van der Waals surface area contributed by atoms with Crippen LogP contribution in [0.15, 0.2) is 65.7 Å². The van der Waals surface area contributed by atoms with Crippen molar-refractivity contribution in [2.45, 2.75) is 51.8 Å². The first-order chi connectivity index (χ1) is 16.9. The van der Waals surface area contributed by atoms with Crippen molar-refractivity contribution in [3.05, 3.63) is 71.8 Å². The standard InChI is InChI=1S/C26H31N2O6Se/c1-3-32-23(29)16-15-21(28-26(31)34-18-20-13-9-6-10-14-20)24(35)27-22(25(30)33-4-2)17-19-11-7-5-8-12-19/h5-14,21-22H,3-4,15-18H2,1-2H3,(H,28,31)/t21-,22-/m0/s1. The molecule has 0 unspecified atom stereocenters. The normalized spacial score (nSPS) is 12.8. The number of carbonyl (C=O) groups is 3. The summed E-state index contributed by atoms with van der Waals surface area (Å²) in [7, 11) is 0. The van der Waals surface area contributed by atoms with Gasteiger partial charge in [-0.1, -0.05) is 0 Å². The Hall–Kier alpha value is -3.16. The molecule has 0 saturated heterocycles. The van der Waals surface area contributed by atoms with Gasteiger partial charge < -0.3 is 0 Å². The Balaban J connectivity index is 2.16. The quantitative estimate of drug-likeness (QED) is 0.179. The maximum absolute atomic E-state index is 12.6. The molecule has 2 atom stereocenters. The molecule has 0 bridgehead atoms. The summed E-state index contributed by atoms with van der Waals surface area (Å²) in [5, 5.41) is 2.74. The number of esters is 2. The van der Waals surface area contributed by atoms with Gasteiger partial charge in [-0.15, -0.1) is 0 Å². The van der Waals surface area contributed by atoms with Gasteiger partial charge in [0.05, 0.1) is 0 Å². The van der Waals surface area contributed by atoms with Gasteiger partial charge in [-0.2, -0.15) is 0 Å². The number of rotatable bonds is 13. The van der Waals surface area contributed by atoms with Gasteiger partial charge in [0.2, 0.25) is 0 Å². The Morgan fingerprint density at radius 2 is 1.49 bits per heavy atom. The Labute approximate surface area is 214 Å². The fourth-order valence-corrected chi connectivity index (χ4v) is 3.80. The van der Waals surface area contributed by atoms with Crippen LogP contribution in [0.5, 0.6) is 0 Å². The maximum atomic E-state index is 12.6. The number of alkyl carbamates (subject to hydrolysis) is 1. The summed E-state index contributed by atoms with van der Waals surface area (Å²) in [4.78, 5) is 41.6. The van der Waals surface area contributed by atoms with Gasteiger partial charge in [0.25, 0.3) is 0 Å². The first kappa shape index (κ1) is 28.1. The van der Waals surface area contributed by atoms with E-state index >= 15 is 0 Å². The molecule has 1 N–H and O–H groups in total. The summed E-state index contributed by atoms with van der Waals surface area (Å²) in [6, 6.07) is 17.2. The molecule has 9 heteroatoms. The Morgan fingerprint density at radius 3 is 2.09 bits per heavy atom. The second-order valence-corrected chi connectivity index (χ2v) is 8.40. The van der Waals surface area contributed by atoms with Crippen LogP contribution in [0.1, 0.15) is 37.8 Å². The van der Waals surface area contributed by atoms with Gasteiger partial charge in [0.15, 0.2) is 0 Å². The molecule has 0 fully saturated rings. The van der Waals surface area contributed by atoms with Crippen molar-refractivity contribution in [3.8, 4) is 0 Å². The molecular weight excluding hydrogens is 515 g/mol.